The van der Waals surface area contributed by atoms with Crippen molar-refractivity contribution in [1.29, 1.82) is 0 Å². The van der Waals surface area contributed by atoms with E-state index in [1.165, 1.54) is 4.90 Å². The third-order valence-electron chi connectivity index (χ3n) is 5.81. The number of carbonyl (C=O) groups is 3. The molecule has 1 aromatic carbocycles. The molecule has 0 spiro atoms. The second-order valence-corrected chi connectivity index (χ2v) is 8.73. The molecular formula is C22H31N5O3. The van der Waals surface area contributed by atoms with Crippen molar-refractivity contribution in [2.24, 2.45) is 0 Å². The molecular weight excluding hydrogens is 382 g/mol. The zero-order valence-corrected chi connectivity index (χ0v) is 18.6. The summed E-state index contributed by atoms with van der Waals surface area (Å²) in [6.07, 6.45) is 0. The molecule has 4 amide bonds. The number of urea groups is 1. The first-order chi connectivity index (χ1) is 14.0. The molecule has 3 rings (SSSR count). The molecule has 162 valence electrons. The van der Waals surface area contributed by atoms with Crippen LogP contribution >= 0.6 is 0 Å². The predicted octanol–water partition coefficient (Wildman–Crippen LogP) is 1.24. The largest absolute Gasteiger partial charge is 0.353 e. The maximum absolute atomic E-state index is 13.5. The van der Waals surface area contributed by atoms with E-state index in [9.17, 15) is 14.4 Å². The predicted molar refractivity (Wildman–Crippen MR) is 115 cm³/mol. The van der Waals surface area contributed by atoms with Crippen LogP contribution in [0.5, 0.6) is 0 Å². The molecule has 0 radical (unpaired) electrons. The van der Waals surface area contributed by atoms with E-state index in [1.54, 1.807) is 25.8 Å². The van der Waals surface area contributed by atoms with Crippen molar-refractivity contribution < 1.29 is 14.4 Å². The zero-order valence-electron chi connectivity index (χ0n) is 18.6. The third-order valence-corrected chi connectivity index (χ3v) is 5.81. The molecule has 8 nitrogen and oxygen atoms in total. The fourth-order valence-corrected chi connectivity index (χ4v) is 3.85. The van der Waals surface area contributed by atoms with Crippen molar-refractivity contribution in [3.63, 3.8) is 0 Å². The summed E-state index contributed by atoms with van der Waals surface area (Å²) < 4.78 is 0. The van der Waals surface area contributed by atoms with Crippen molar-refractivity contribution in [2.45, 2.75) is 32.4 Å². The Morgan fingerprint density at radius 2 is 2.00 bits per heavy atom. The first kappa shape index (κ1) is 21.8. The van der Waals surface area contributed by atoms with Crippen LogP contribution in [0.3, 0.4) is 0 Å². The Labute approximate surface area is 177 Å². The normalized spacial score (nSPS) is 19.4. The molecule has 0 saturated carbocycles. The molecule has 0 aliphatic carbocycles. The summed E-state index contributed by atoms with van der Waals surface area (Å²) in [4.78, 5) is 44.0. The molecule has 0 saturated heterocycles. The van der Waals surface area contributed by atoms with Gasteiger partial charge in [0, 0.05) is 20.1 Å². The van der Waals surface area contributed by atoms with Crippen LogP contribution < -0.4 is 10.6 Å². The number of hydrogen-bond donors (Lipinski definition) is 2. The van der Waals surface area contributed by atoms with Crippen molar-refractivity contribution >= 4 is 17.8 Å². The fraction of sp³-hybridized carbons (Fsp3) is 0.500. The van der Waals surface area contributed by atoms with E-state index in [2.05, 4.69) is 10.6 Å². The van der Waals surface area contributed by atoms with Gasteiger partial charge in [-0.05, 0) is 40.4 Å². The van der Waals surface area contributed by atoms with Crippen LogP contribution in [-0.4, -0.2) is 78.9 Å². The highest BCUT2D eigenvalue weighted by Crippen LogP contribution is 2.38. The van der Waals surface area contributed by atoms with Crippen LogP contribution in [-0.2, 0) is 9.59 Å². The number of benzene rings is 1. The third kappa shape index (κ3) is 3.92. The minimum atomic E-state index is -1.05. The molecule has 1 unspecified atom stereocenters. The smallest absolute Gasteiger partial charge is 0.322 e. The monoisotopic (exact) mass is 413 g/mol. The second-order valence-electron chi connectivity index (χ2n) is 8.73. The van der Waals surface area contributed by atoms with E-state index in [1.807, 2.05) is 50.2 Å². The van der Waals surface area contributed by atoms with E-state index >= 15 is 0 Å². The highest BCUT2D eigenvalue weighted by Gasteiger charge is 2.49. The Hall–Kier alpha value is -2.87. The standard InChI is InChI=1S/C22H31N5O3/c1-14-8-7-9-15(12-14)18-17-16(26(6)21(30)24-18)13-27(19(17)28)22(2,3)20(29)23-10-11-25(4)5/h7-9,12,18H,10-11,13H2,1-6H3,(H,23,29)(H,24,30). The quantitative estimate of drug-likeness (QED) is 0.735. The van der Waals surface area contributed by atoms with E-state index < -0.39 is 11.6 Å². The molecule has 0 aromatic heterocycles. The number of nitrogens with zero attached hydrogens (tertiary/aromatic N) is 3. The van der Waals surface area contributed by atoms with Gasteiger partial charge in [0.25, 0.3) is 5.91 Å². The Bertz CT molecular complexity index is 906. The lowest BCUT2D eigenvalue weighted by atomic mass is 9.94. The molecule has 0 fully saturated rings. The average Bonchev–Trinajstić information content (AvgIpc) is 3.02. The maximum Gasteiger partial charge on any atom is 0.322 e. The molecule has 0 bridgehead atoms. The second kappa shape index (κ2) is 8.10. The van der Waals surface area contributed by atoms with E-state index in [0.29, 0.717) is 24.4 Å². The SMILES string of the molecule is Cc1cccc(C2NC(=O)N(C)C3=C2C(=O)N(C(C)(C)C(=O)NCCN(C)C)C3)c1. The number of hydrogen-bond acceptors (Lipinski definition) is 4. The lowest BCUT2D eigenvalue weighted by molar-refractivity contribution is -0.141. The van der Waals surface area contributed by atoms with E-state index in [0.717, 1.165) is 11.1 Å². The minimum absolute atomic E-state index is 0.216. The lowest BCUT2D eigenvalue weighted by Gasteiger charge is -2.34. The molecule has 2 heterocycles. The molecule has 30 heavy (non-hydrogen) atoms. The highest BCUT2D eigenvalue weighted by atomic mass is 16.2. The lowest BCUT2D eigenvalue weighted by Crippen LogP contribution is -2.56. The first-order valence-electron chi connectivity index (χ1n) is 10.1. The first-order valence-corrected chi connectivity index (χ1v) is 10.1. The molecule has 8 heteroatoms. The van der Waals surface area contributed by atoms with Crippen LogP contribution in [0.15, 0.2) is 35.5 Å². The van der Waals surface area contributed by atoms with Gasteiger partial charge < -0.3 is 20.4 Å². The topological polar surface area (TPSA) is 85.0 Å². The average molecular weight is 414 g/mol. The van der Waals surface area contributed by atoms with Crippen molar-refractivity contribution in [3.8, 4) is 0 Å². The molecule has 2 N–H and O–H groups in total. The van der Waals surface area contributed by atoms with Crippen molar-refractivity contribution in [1.82, 2.24) is 25.3 Å². The van der Waals surface area contributed by atoms with Crippen LogP contribution in [0.1, 0.15) is 31.0 Å². The van der Waals surface area contributed by atoms with E-state index in [4.69, 9.17) is 0 Å². The van der Waals surface area contributed by atoms with Crippen molar-refractivity contribution in [2.75, 3.05) is 40.8 Å². The van der Waals surface area contributed by atoms with Gasteiger partial charge in [-0.2, -0.15) is 0 Å². The number of carbonyl (C=O) groups excluding carboxylic acids is 3. The number of aryl methyl sites for hydroxylation is 1. The Kier molecular flexibility index (Phi) is 5.90. The van der Waals surface area contributed by atoms with Gasteiger partial charge >= 0.3 is 6.03 Å². The van der Waals surface area contributed by atoms with Gasteiger partial charge in [-0.1, -0.05) is 29.8 Å². The highest BCUT2D eigenvalue weighted by molar-refractivity contribution is 6.04. The summed E-state index contributed by atoms with van der Waals surface area (Å²) in [6.45, 7) is 6.88. The van der Waals surface area contributed by atoms with Crippen LogP contribution in [0, 0.1) is 6.92 Å². The summed E-state index contributed by atoms with van der Waals surface area (Å²) in [5, 5.41) is 5.85. The number of amides is 4. The molecule has 1 aromatic rings. The van der Waals surface area contributed by atoms with Gasteiger partial charge in [-0.25, -0.2) is 4.79 Å². The summed E-state index contributed by atoms with van der Waals surface area (Å²) in [5.41, 5.74) is 2.02. The van der Waals surface area contributed by atoms with Gasteiger partial charge in [-0.3, -0.25) is 14.5 Å². The Morgan fingerprint density at radius 1 is 1.30 bits per heavy atom. The van der Waals surface area contributed by atoms with Gasteiger partial charge in [0.1, 0.15) is 5.54 Å². The molecule has 2 aliphatic rings. The molecule has 2 aliphatic heterocycles. The summed E-state index contributed by atoms with van der Waals surface area (Å²) in [7, 11) is 5.52. The number of rotatable bonds is 6. The Morgan fingerprint density at radius 3 is 2.63 bits per heavy atom. The van der Waals surface area contributed by atoms with Crippen molar-refractivity contribution in [3.05, 3.63) is 46.7 Å². The van der Waals surface area contributed by atoms with Gasteiger partial charge in [0.2, 0.25) is 5.91 Å². The van der Waals surface area contributed by atoms with Gasteiger partial charge in [-0.15, -0.1) is 0 Å². The fourth-order valence-electron chi connectivity index (χ4n) is 3.85. The minimum Gasteiger partial charge on any atom is -0.353 e. The van der Waals surface area contributed by atoms with Gasteiger partial charge in [0.15, 0.2) is 0 Å². The van der Waals surface area contributed by atoms with Crippen LogP contribution in [0.25, 0.3) is 0 Å². The van der Waals surface area contributed by atoms with E-state index in [-0.39, 0.29) is 24.4 Å². The number of likely N-dealkylation sites (N-methyl/N-ethyl adjacent to an activating group) is 2. The van der Waals surface area contributed by atoms with Gasteiger partial charge in [0.05, 0.1) is 23.9 Å². The van der Waals surface area contributed by atoms with Crippen LogP contribution in [0.2, 0.25) is 0 Å². The summed E-state index contributed by atoms with van der Waals surface area (Å²) >= 11 is 0. The zero-order chi connectivity index (χ0) is 22.2. The molecule has 1 atom stereocenters. The van der Waals surface area contributed by atoms with Crippen LogP contribution in [0.4, 0.5) is 4.79 Å². The number of nitrogens with one attached hydrogen (secondary N) is 2. The summed E-state index contributed by atoms with van der Waals surface area (Å²) in [5.74, 6) is -0.442. The Balaban J connectivity index is 1.89. The summed E-state index contributed by atoms with van der Waals surface area (Å²) in [6, 6.07) is 6.96. The maximum atomic E-state index is 13.5.